The topological polar surface area (TPSA) is 52.8 Å². The third kappa shape index (κ3) is 2.58. The normalized spacial score (nSPS) is 14.5. The van der Waals surface area contributed by atoms with Gasteiger partial charge in [-0.2, -0.15) is 0 Å². The van der Waals surface area contributed by atoms with Gasteiger partial charge in [0.2, 0.25) is 0 Å². The van der Waals surface area contributed by atoms with Gasteiger partial charge in [0.25, 0.3) is 5.56 Å². The minimum absolute atomic E-state index is 0.0170. The smallest absolute Gasteiger partial charge is 0.270 e. The van der Waals surface area contributed by atoms with E-state index in [1.165, 1.54) is 11.3 Å². The van der Waals surface area contributed by atoms with Crippen molar-refractivity contribution in [2.45, 2.75) is 13.0 Å². The van der Waals surface area contributed by atoms with Gasteiger partial charge in [-0.15, -0.1) is 0 Å². The highest BCUT2D eigenvalue weighted by atomic mass is 32.1. The highest BCUT2D eigenvalue weighted by Crippen LogP contribution is 2.24. The summed E-state index contributed by atoms with van der Waals surface area (Å²) in [4.78, 5) is 17.6. The average Bonchev–Trinajstić information content (AvgIpc) is 2.84. The molecule has 2 aromatic rings. The van der Waals surface area contributed by atoms with Crippen molar-refractivity contribution in [3.63, 3.8) is 0 Å². The SMILES string of the molecule is COc1ccc(OC)c(/C=c2/sc3n(c2=O)CCCN=3)c1. The van der Waals surface area contributed by atoms with Crippen molar-refractivity contribution in [2.24, 2.45) is 4.99 Å². The summed E-state index contributed by atoms with van der Waals surface area (Å²) in [5.41, 5.74) is 0.844. The van der Waals surface area contributed by atoms with E-state index in [1.54, 1.807) is 18.8 Å². The average molecular weight is 304 g/mol. The predicted octanol–water partition coefficient (Wildman–Crippen LogP) is 0.779. The van der Waals surface area contributed by atoms with Crippen molar-refractivity contribution in [1.82, 2.24) is 4.57 Å². The van der Waals surface area contributed by atoms with Crippen LogP contribution in [-0.4, -0.2) is 25.3 Å². The van der Waals surface area contributed by atoms with Crippen LogP contribution in [-0.2, 0) is 6.54 Å². The lowest BCUT2D eigenvalue weighted by atomic mass is 10.2. The maximum atomic E-state index is 12.4. The summed E-state index contributed by atoms with van der Waals surface area (Å²) in [7, 11) is 3.23. The molecular weight excluding hydrogens is 288 g/mol. The molecule has 0 aliphatic carbocycles. The van der Waals surface area contributed by atoms with Crippen molar-refractivity contribution in [3.05, 3.63) is 43.5 Å². The van der Waals surface area contributed by atoms with E-state index in [9.17, 15) is 4.79 Å². The van der Waals surface area contributed by atoms with E-state index in [-0.39, 0.29) is 5.56 Å². The van der Waals surface area contributed by atoms with Crippen LogP contribution < -0.4 is 24.4 Å². The number of methoxy groups -OCH3 is 2. The molecule has 0 saturated carbocycles. The number of nitrogens with zero attached hydrogens (tertiary/aromatic N) is 2. The largest absolute Gasteiger partial charge is 0.497 e. The fourth-order valence-electron chi connectivity index (χ4n) is 2.32. The van der Waals surface area contributed by atoms with Crippen molar-refractivity contribution >= 4 is 17.4 Å². The highest BCUT2D eigenvalue weighted by molar-refractivity contribution is 7.07. The first-order chi connectivity index (χ1) is 10.2. The number of aromatic nitrogens is 1. The second-order valence-electron chi connectivity index (χ2n) is 4.69. The zero-order valence-corrected chi connectivity index (χ0v) is 12.8. The Hall–Kier alpha value is -2.08. The van der Waals surface area contributed by atoms with Gasteiger partial charge < -0.3 is 9.47 Å². The molecule has 21 heavy (non-hydrogen) atoms. The fraction of sp³-hybridized carbons (Fsp3) is 0.333. The standard InChI is InChI=1S/C15H16N2O3S/c1-19-11-4-5-12(20-2)10(8-11)9-13-14(18)17-7-3-6-16-15(17)21-13/h4-5,8-9H,3,6-7H2,1-2H3/b13-9+. The summed E-state index contributed by atoms with van der Waals surface area (Å²) in [6, 6.07) is 5.52. The highest BCUT2D eigenvalue weighted by Gasteiger charge is 2.10. The molecular formula is C15H16N2O3S. The van der Waals surface area contributed by atoms with Gasteiger partial charge in [-0.1, -0.05) is 11.3 Å². The molecule has 1 aliphatic rings. The van der Waals surface area contributed by atoms with E-state index in [0.717, 1.165) is 35.6 Å². The summed E-state index contributed by atoms with van der Waals surface area (Å²) >= 11 is 1.42. The molecule has 2 heterocycles. The molecule has 3 rings (SSSR count). The number of thiazole rings is 1. The van der Waals surface area contributed by atoms with E-state index < -0.39 is 0 Å². The summed E-state index contributed by atoms with van der Waals surface area (Å²) in [6.07, 6.45) is 2.76. The molecule has 0 saturated heterocycles. The monoisotopic (exact) mass is 304 g/mol. The van der Waals surface area contributed by atoms with E-state index in [4.69, 9.17) is 9.47 Å². The van der Waals surface area contributed by atoms with Gasteiger partial charge >= 0.3 is 0 Å². The Morgan fingerprint density at radius 1 is 1.33 bits per heavy atom. The molecule has 5 nitrogen and oxygen atoms in total. The molecule has 110 valence electrons. The third-order valence-corrected chi connectivity index (χ3v) is 4.44. The zero-order valence-electron chi connectivity index (χ0n) is 12.0. The molecule has 0 spiro atoms. The summed E-state index contributed by atoms with van der Waals surface area (Å²) < 4.78 is 13.0. The Kier molecular flexibility index (Phi) is 3.79. The van der Waals surface area contributed by atoms with Gasteiger partial charge in [-0.05, 0) is 30.7 Å². The molecule has 6 heteroatoms. The fourth-order valence-corrected chi connectivity index (χ4v) is 3.34. The maximum Gasteiger partial charge on any atom is 0.270 e. The molecule has 1 aliphatic heterocycles. The van der Waals surface area contributed by atoms with Crippen LogP contribution >= 0.6 is 11.3 Å². The van der Waals surface area contributed by atoms with Crippen LogP contribution in [0.25, 0.3) is 6.08 Å². The third-order valence-electron chi connectivity index (χ3n) is 3.40. The first kappa shape index (κ1) is 13.9. The van der Waals surface area contributed by atoms with Crippen LogP contribution in [0.4, 0.5) is 0 Å². The lowest BCUT2D eigenvalue weighted by molar-refractivity contribution is 0.402. The molecule has 0 bridgehead atoms. The van der Waals surface area contributed by atoms with Crippen molar-refractivity contribution < 1.29 is 9.47 Å². The molecule has 0 N–H and O–H groups in total. The van der Waals surface area contributed by atoms with Crippen LogP contribution in [0, 0.1) is 0 Å². The van der Waals surface area contributed by atoms with E-state index in [1.807, 2.05) is 24.3 Å². The van der Waals surface area contributed by atoms with Crippen molar-refractivity contribution in [2.75, 3.05) is 20.8 Å². The van der Waals surface area contributed by atoms with E-state index in [2.05, 4.69) is 4.99 Å². The number of fused-ring (bicyclic) bond motifs is 1. The van der Waals surface area contributed by atoms with Gasteiger partial charge in [0.15, 0.2) is 4.80 Å². The van der Waals surface area contributed by atoms with Crippen LogP contribution in [0.1, 0.15) is 12.0 Å². The number of hydrogen-bond donors (Lipinski definition) is 0. The quantitative estimate of drug-likeness (QED) is 0.842. The molecule has 0 unspecified atom stereocenters. The minimum Gasteiger partial charge on any atom is -0.497 e. The summed E-state index contributed by atoms with van der Waals surface area (Å²) in [6.45, 7) is 1.54. The Morgan fingerprint density at radius 3 is 2.90 bits per heavy atom. The Balaban J connectivity index is 2.19. The zero-order chi connectivity index (χ0) is 14.8. The van der Waals surface area contributed by atoms with E-state index >= 15 is 0 Å². The molecule has 1 aromatic heterocycles. The lowest BCUT2D eigenvalue weighted by Crippen LogP contribution is -2.33. The van der Waals surface area contributed by atoms with E-state index in [0.29, 0.717) is 10.3 Å². The summed E-state index contributed by atoms with van der Waals surface area (Å²) in [5.74, 6) is 1.44. The van der Waals surface area contributed by atoms with Gasteiger partial charge in [-0.3, -0.25) is 14.4 Å². The maximum absolute atomic E-state index is 12.4. The molecule has 0 fully saturated rings. The summed E-state index contributed by atoms with van der Waals surface area (Å²) in [5, 5.41) is 0. The van der Waals surface area contributed by atoms with Gasteiger partial charge in [0, 0.05) is 18.7 Å². The van der Waals surface area contributed by atoms with Crippen LogP contribution in [0.15, 0.2) is 28.0 Å². The Morgan fingerprint density at radius 2 is 2.19 bits per heavy atom. The molecule has 0 radical (unpaired) electrons. The number of benzene rings is 1. The van der Waals surface area contributed by atoms with Crippen LogP contribution in [0.2, 0.25) is 0 Å². The van der Waals surface area contributed by atoms with Gasteiger partial charge in [0.1, 0.15) is 11.5 Å². The van der Waals surface area contributed by atoms with Gasteiger partial charge in [0.05, 0.1) is 18.8 Å². The Labute approximate surface area is 125 Å². The predicted molar refractivity (Wildman–Crippen MR) is 82.0 cm³/mol. The number of rotatable bonds is 3. The molecule has 1 aromatic carbocycles. The Bertz CT molecular complexity index is 836. The lowest BCUT2D eigenvalue weighted by Gasteiger charge is -2.06. The second-order valence-corrected chi connectivity index (χ2v) is 5.70. The number of hydrogen-bond acceptors (Lipinski definition) is 5. The minimum atomic E-state index is 0.0170. The number of ether oxygens (including phenoxy) is 2. The second kappa shape index (κ2) is 5.73. The van der Waals surface area contributed by atoms with Crippen molar-refractivity contribution in [1.29, 1.82) is 0 Å². The molecule has 0 atom stereocenters. The van der Waals surface area contributed by atoms with Crippen LogP contribution in [0.5, 0.6) is 11.5 Å². The first-order valence-electron chi connectivity index (χ1n) is 6.71. The molecule has 0 amide bonds. The van der Waals surface area contributed by atoms with Crippen LogP contribution in [0.3, 0.4) is 0 Å². The first-order valence-corrected chi connectivity index (χ1v) is 7.52. The van der Waals surface area contributed by atoms with Crippen molar-refractivity contribution in [3.8, 4) is 11.5 Å². The van der Waals surface area contributed by atoms with Gasteiger partial charge in [-0.25, -0.2) is 0 Å².